The molecule has 0 fully saturated rings. The van der Waals surface area contributed by atoms with Crippen molar-refractivity contribution in [2.75, 3.05) is 0 Å². The number of aryl methyl sites for hydroxylation is 1. The van der Waals surface area contributed by atoms with Crippen LogP contribution >= 0.6 is 45.3 Å². The van der Waals surface area contributed by atoms with E-state index in [2.05, 4.69) is 24.4 Å². The van der Waals surface area contributed by atoms with E-state index < -0.39 is 0 Å². The van der Waals surface area contributed by atoms with Crippen LogP contribution in [0.25, 0.3) is 28.2 Å². The Morgan fingerprint density at radius 2 is 1.59 bits per heavy atom. The van der Waals surface area contributed by atoms with Gasteiger partial charge in [0.15, 0.2) is 0 Å². The highest BCUT2D eigenvalue weighted by molar-refractivity contribution is 7.49. The summed E-state index contributed by atoms with van der Waals surface area (Å²) in [4.78, 5) is 1.59. The second-order valence-electron chi connectivity index (χ2n) is 5.92. The van der Waals surface area contributed by atoms with Gasteiger partial charge in [0.05, 0.1) is 17.4 Å². The molecule has 4 rings (SSSR count). The molecule has 0 saturated carbocycles. The molecule has 4 aromatic heterocycles. The summed E-state index contributed by atoms with van der Waals surface area (Å²) in [5.41, 5.74) is 0. The molecule has 0 radical (unpaired) electrons. The average molecular weight is 365 g/mol. The quantitative estimate of drug-likeness (QED) is 0.289. The maximum atomic E-state index is 2.48. The van der Waals surface area contributed by atoms with Crippen molar-refractivity contribution in [1.29, 1.82) is 0 Å². The molecule has 0 bridgehead atoms. The molecule has 4 heterocycles. The SMILES string of the molecule is CCCCCCCCc1cc2c(s1)sc1c3ccsc3sc21. The molecule has 0 N–H and O–H groups in total. The van der Waals surface area contributed by atoms with Crippen LogP contribution in [-0.4, -0.2) is 0 Å². The Bertz CT molecular complexity index is 886. The van der Waals surface area contributed by atoms with Crippen molar-refractivity contribution in [2.45, 2.75) is 51.9 Å². The summed E-state index contributed by atoms with van der Waals surface area (Å²) in [7, 11) is 0. The summed E-state index contributed by atoms with van der Waals surface area (Å²) in [6.07, 6.45) is 9.62. The van der Waals surface area contributed by atoms with E-state index in [9.17, 15) is 0 Å². The van der Waals surface area contributed by atoms with E-state index >= 15 is 0 Å². The van der Waals surface area contributed by atoms with Gasteiger partial charge in [0, 0.05) is 15.6 Å². The second kappa shape index (κ2) is 6.60. The molecular weight excluding hydrogens is 344 g/mol. The van der Waals surface area contributed by atoms with Gasteiger partial charge in [0.25, 0.3) is 0 Å². The standard InChI is InChI=1S/C18H20S4/c1-2-3-4-5-6-7-8-12-11-14-16-15(22-18(14)20-12)13-9-10-19-17(13)21-16/h9-11H,2-8H2,1H3. The highest BCUT2D eigenvalue weighted by atomic mass is 32.2. The normalized spacial score (nSPS) is 12.2. The van der Waals surface area contributed by atoms with Crippen molar-refractivity contribution < 1.29 is 0 Å². The number of unbranched alkanes of at least 4 members (excludes halogenated alkanes) is 5. The van der Waals surface area contributed by atoms with Crippen LogP contribution in [0, 0.1) is 0 Å². The zero-order valence-electron chi connectivity index (χ0n) is 12.8. The third-order valence-corrected chi connectivity index (χ3v) is 9.17. The minimum atomic E-state index is 1.28. The van der Waals surface area contributed by atoms with Gasteiger partial charge < -0.3 is 0 Å². The molecule has 0 saturated heterocycles. The number of thiophene rings is 4. The maximum Gasteiger partial charge on any atom is 0.0889 e. The Balaban J connectivity index is 1.49. The van der Waals surface area contributed by atoms with Crippen LogP contribution in [-0.2, 0) is 6.42 Å². The summed E-state index contributed by atoms with van der Waals surface area (Å²) >= 11 is 7.92. The molecule has 4 aromatic rings. The fraction of sp³-hybridized carbons (Fsp3) is 0.444. The first-order valence-corrected chi connectivity index (χ1v) is 11.5. The lowest BCUT2D eigenvalue weighted by atomic mass is 10.1. The van der Waals surface area contributed by atoms with E-state index in [0.29, 0.717) is 0 Å². The molecule has 0 nitrogen and oxygen atoms in total. The van der Waals surface area contributed by atoms with Crippen LogP contribution in [0.1, 0.15) is 50.3 Å². The first-order chi connectivity index (χ1) is 10.9. The summed E-state index contributed by atoms with van der Waals surface area (Å²) in [5.74, 6) is 0. The number of rotatable bonds is 7. The maximum absolute atomic E-state index is 2.48. The van der Waals surface area contributed by atoms with Gasteiger partial charge in [-0.3, -0.25) is 0 Å². The fourth-order valence-corrected chi connectivity index (χ4v) is 8.33. The van der Waals surface area contributed by atoms with Crippen molar-refractivity contribution in [1.82, 2.24) is 0 Å². The van der Waals surface area contributed by atoms with Crippen molar-refractivity contribution in [2.24, 2.45) is 0 Å². The molecule has 116 valence electrons. The Hall–Kier alpha value is -0.420. The topological polar surface area (TPSA) is 0 Å². The minimum Gasteiger partial charge on any atom is -0.133 e. The summed E-state index contributed by atoms with van der Waals surface area (Å²) in [6.45, 7) is 2.29. The highest BCUT2D eigenvalue weighted by Crippen LogP contribution is 2.48. The first kappa shape index (κ1) is 15.1. The van der Waals surface area contributed by atoms with Gasteiger partial charge in [-0.15, -0.1) is 45.3 Å². The molecule has 0 spiro atoms. The predicted octanol–water partition coefficient (Wildman–Crippen LogP) is 8.30. The molecular formula is C18H20S4. The summed E-state index contributed by atoms with van der Waals surface area (Å²) in [6, 6.07) is 4.76. The molecule has 0 aliphatic carbocycles. The van der Waals surface area contributed by atoms with Crippen molar-refractivity contribution >= 4 is 73.5 Å². The van der Waals surface area contributed by atoms with E-state index in [-0.39, 0.29) is 0 Å². The van der Waals surface area contributed by atoms with Gasteiger partial charge in [-0.05, 0) is 30.4 Å². The van der Waals surface area contributed by atoms with Crippen molar-refractivity contribution in [3.8, 4) is 0 Å². The number of hydrogen-bond donors (Lipinski definition) is 0. The molecule has 22 heavy (non-hydrogen) atoms. The number of fused-ring (bicyclic) bond motifs is 5. The van der Waals surface area contributed by atoms with Gasteiger partial charge in [0.1, 0.15) is 0 Å². The highest BCUT2D eigenvalue weighted by Gasteiger charge is 2.15. The summed E-state index contributed by atoms with van der Waals surface area (Å²) in [5, 5.41) is 5.23. The Morgan fingerprint density at radius 1 is 0.818 bits per heavy atom. The molecule has 4 heteroatoms. The average Bonchev–Trinajstić information content (AvgIpc) is 3.21. The van der Waals surface area contributed by atoms with E-state index in [1.165, 1.54) is 73.1 Å². The minimum absolute atomic E-state index is 1.28. The Kier molecular flexibility index (Phi) is 4.54. The van der Waals surface area contributed by atoms with Gasteiger partial charge in [-0.1, -0.05) is 39.0 Å². The smallest absolute Gasteiger partial charge is 0.0889 e. The summed E-state index contributed by atoms with van der Waals surface area (Å²) < 4.78 is 6.09. The largest absolute Gasteiger partial charge is 0.133 e. The fourth-order valence-electron chi connectivity index (χ4n) is 3.04. The predicted molar refractivity (Wildman–Crippen MR) is 108 cm³/mol. The van der Waals surface area contributed by atoms with E-state index in [1.54, 1.807) is 4.88 Å². The monoisotopic (exact) mass is 364 g/mol. The Labute approximate surface area is 147 Å². The van der Waals surface area contributed by atoms with E-state index in [1.807, 2.05) is 45.3 Å². The third kappa shape index (κ3) is 2.75. The van der Waals surface area contributed by atoms with E-state index in [0.717, 1.165) is 0 Å². The van der Waals surface area contributed by atoms with Crippen LogP contribution in [0.15, 0.2) is 17.5 Å². The van der Waals surface area contributed by atoms with Crippen LogP contribution < -0.4 is 0 Å². The molecule has 0 aliphatic heterocycles. The molecule has 0 unspecified atom stereocenters. The van der Waals surface area contributed by atoms with Crippen LogP contribution in [0.4, 0.5) is 0 Å². The third-order valence-electron chi connectivity index (χ3n) is 4.24. The Morgan fingerprint density at radius 3 is 2.50 bits per heavy atom. The molecule has 0 amide bonds. The lowest BCUT2D eigenvalue weighted by Gasteiger charge is -1.99. The zero-order chi connectivity index (χ0) is 14.9. The number of hydrogen-bond acceptors (Lipinski definition) is 4. The van der Waals surface area contributed by atoms with Crippen LogP contribution in [0.5, 0.6) is 0 Å². The van der Waals surface area contributed by atoms with Crippen LogP contribution in [0.2, 0.25) is 0 Å². The molecule has 0 aliphatic rings. The van der Waals surface area contributed by atoms with Gasteiger partial charge in [-0.2, -0.15) is 0 Å². The van der Waals surface area contributed by atoms with E-state index in [4.69, 9.17) is 0 Å². The van der Waals surface area contributed by atoms with Crippen LogP contribution in [0.3, 0.4) is 0 Å². The molecule has 0 aromatic carbocycles. The molecule has 0 atom stereocenters. The van der Waals surface area contributed by atoms with Gasteiger partial charge in [-0.25, -0.2) is 0 Å². The van der Waals surface area contributed by atoms with Gasteiger partial charge >= 0.3 is 0 Å². The van der Waals surface area contributed by atoms with Crippen molar-refractivity contribution in [3.63, 3.8) is 0 Å². The lowest BCUT2D eigenvalue weighted by Crippen LogP contribution is -1.82. The van der Waals surface area contributed by atoms with Crippen molar-refractivity contribution in [3.05, 3.63) is 22.4 Å². The second-order valence-corrected chi connectivity index (χ2v) is 10.5. The van der Waals surface area contributed by atoms with Gasteiger partial charge in [0.2, 0.25) is 0 Å². The first-order valence-electron chi connectivity index (χ1n) is 8.17. The zero-order valence-corrected chi connectivity index (χ0v) is 16.1. The lowest BCUT2D eigenvalue weighted by molar-refractivity contribution is 0.609.